The topological polar surface area (TPSA) is 133 Å². The van der Waals surface area contributed by atoms with Gasteiger partial charge in [0.1, 0.15) is 35.6 Å². The Morgan fingerprint density at radius 3 is 2.74 bits per heavy atom. The molecule has 1 atom stereocenters. The summed E-state index contributed by atoms with van der Waals surface area (Å²) in [6.07, 6.45) is -1.87. The summed E-state index contributed by atoms with van der Waals surface area (Å²) in [6, 6.07) is 8.18. The minimum absolute atomic E-state index is 0.0529. The zero-order valence-corrected chi connectivity index (χ0v) is 17.4. The molecule has 4 N–H and O–H groups in total. The highest BCUT2D eigenvalue weighted by Crippen LogP contribution is 2.39. The standard InChI is InChI=1S/C22H18F3N5O4/c23-22(24,25)16-7-13(34-11-12(32)10-31)4-5-14(16)20-28-17-9-26-8-15(19(17)30-20)21(33)29-18-3-1-2-6-27-18/h1-9,12,31-32H,10-11H2,(H,28,30)(H,27,29,33)/t12-/m0/s1. The van der Waals surface area contributed by atoms with Crippen LogP contribution in [0.5, 0.6) is 5.75 Å². The van der Waals surface area contributed by atoms with E-state index in [1.807, 2.05) is 0 Å². The number of pyridine rings is 2. The molecule has 9 nitrogen and oxygen atoms in total. The van der Waals surface area contributed by atoms with Crippen molar-refractivity contribution >= 4 is 22.8 Å². The Hall–Kier alpha value is -4.03. The zero-order valence-electron chi connectivity index (χ0n) is 17.4. The van der Waals surface area contributed by atoms with E-state index in [2.05, 4.69) is 25.3 Å². The van der Waals surface area contributed by atoms with Crippen molar-refractivity contribution < 1.29 is 32.9 Å². The first-order valence-electron chi connectivity index (χ1n) is 9.95. The van der Waals surface area contributed by atoms with Gasteiger partial charge < -0.3 is 25.3 Å². The van der Waals surface area contributed by atoms with Gasteiger partial charge >= 0.3 is 6.18 Å². The van der Waals surface area contributed by atoms with Gasteiger partial charge in [0.25, 0.3) is 5.91 Å². The van der Waals surface area contributed by atoms with Crippen LogP contribution in [-0.4, -0.2) is 55.4 Å². The SMILES string of the molecule is O=C(Nc1ccccn1)c1cncc2[nH]c(-c3ccc(OC[C@@H](O)CO)cc3C(F)(F)F)nc12. The minimum atomic E-state index is -4.75. The van der Waals surface area contributed by atoms with E-state index < -0.39 is 30.4 Å². The molecule has 0 radical (unpaired) electrons. The Bertz CT molecular complexity index is 1310. The van der Waals surface area contributed by atoms with E-state index in [-0.39, 0.29) is 40.3 Å². The number of nitrogens with one attached hydrogen (secondary N) is 2. The lowest BCUT2D eigenvalue weighted by molar-refractivity contribution is -0.137. The van der Waals surface area contributed by atoms with Gasteiger partial charge in [-0.1, -0.05) is 6.07 Å². The van der Waals surface area contributed by atoms with E-state index in [0.717, 1.165) is 6.07 Å². The summed E-state index contributed by atoms with van der Waals surface area (Å²) in [5, 5.41) is 20.8. The number of rotatable bonds is 7. The van der Waals surface area contributed by atoms with E-state index >= 15 is 0 Å². The van der Waals surface area contributed by atoms with Crippen LogP contribution in [0, 0.1) is 0 Å². The Labute approximate surface area is 190 Å². The molecule has 3 heterocycles. The number of fused-ring (bicyclic) bond motifs is 1. The molecule has 0 aliphatic carbocycles. The fourth-order valence-corrected chi connectivity index (χ4v) is 3.15. The first kappa shape index (κ1) is 23.1. The number of aromatic nitrogens is 4. The van der Waals surface area contributed by atoms with Gasteiger partial charge in [-0.15, -0.1) is 0 Å². The van der Waals surface area contributed by atoms with E-state index in [0.29, 0.717) is 5.82 Å². The number of amides is 1. The number of H-pyrrole nitrogens is 1. The van der Waals surface area contributed by atoms with Crippen LogP contribution in [0.4, 0.5) is 19.0 Å². The summed E-state index contributed by atoms with van der Waals surface area (Å²) < 4.78 is 46.6. The number of hydrogen-bond donors (Lipinski definition) is 4. The van der Waals surface area contributed by atoms with Crippen molar-refractivity contribution in [1.82, 2.24) is 19.9 Å². The second-order valence-electron chi connectivity index (χ2n) is 7.19. The van der Waals surface area contributed by atoms with Crippen molar-refractivity contribution in [3.05, 3.63) is 66.1 Å². The summed E-state index contributed by atoms with van der Waals surface area (Å²) in [4.78, 5) is 27.7. The molecular formula is C22H18F3N5O4. The van der Waals surface area contributed by atoms with E-state index in [1.165, 1.54) is 30.7 Å². The smallest absolute Gasteiger partial charge is 0.417 e. The number of hydrogen-bond acceptors (Lipinski definition) is 7. The van der Waals surface area contributed by atoms with Gasteiger partial charge in [0.05, 0.1) is 29.4 Å². The highest BCUT2D eigenvalue weighted by atomic mass is 19.4. The van der Waals surface area contributed by atoms with Gasteiger partial charge in [-0.05, 0) is 30.3 Å². The third kappa shape index (κ3) is 4.97. The number of alkyl halides is 3. The normalized spacial score (nSPS) is 12.5. The van der Waals surface area contributed by atoms with Crippen molar-refractivity contribution in [2.45, 2.75) is 12.3 Å². The third-order valence-corrected chi connectivity index (χ3v) is 4.75. The Balaban J connectivity index is 1.71. The van der Waals surface area contributed by atoms with Crippen LogP contribution in [0.15, 0.2) is 55.0 Å². The number of imidazole rings is 1. The molecule has 4 rings (SSSR count). The van der Waals surface area contributed by atoms with Crippen molar-refractivity contribution in [2.75, 3.05) is 18.5 Å². The van der Waals surface area contributed by atoms with Crippen molar-refractivity contribution in [3.63, 3.8) is 0 Å². The number of carbonyl (C=O) groups is 1. The van der Waals surface area contributed by atoms with Crippen LogP contribution in [0.3, 0.4) is 0 Å². The Morgan fingerprint density at radius 2 is 2.03 bits per heavy atom. The number of benzene rings is 1. The fraction of sp³-hybridized carbons (Fsp3) is 0.182. The molecule has 0 spiro atoms. The molecule has 1 amide bonds. The molecule has 34 heavy (non-hydrogen) atoms. The van der Waals surface area contributed by atoms with Crippen LogP contribution < -0.4 is 10.1 Å². The van der Waals surface area contributed by atoms with Gasteiger partial charge in [0.15, 0.2) is 0 Å². The van der Waals surface area contributed by atoms with Crippen LogP contribution in [-0.2, 0) is 6.18 Å². The largest absolute Gasteiger partial charge is 0.491 e. The molecule has 0 saturated heterocycles. The molecule has 0 unspecified atom stereocenters. The average Bonchev–Trinajstić information content (AvgIpc) is 3.26. The number of aliphatic hydroxyl groups excluding tert-OH is 2. The molecule has 12 heteroatoms. The summed E-state index contributed by atoms with van der Waals surface area (Å²) in [6.45, 7) is -0.967. The molecular weight excluding hydrogens is 455 g/mol. The van der Waals surface area contributed by atoms with Gasteiger partial charge in [-0.2, -0.15) is 13.2 Å². The number of halogens is 3. The van der Waals surface area contributed by atoms with Crippen molar-refractivity contribution in [2.24, 2.45) is 0 Å². The van der Waals surface area contributed by atoms with Gasteiger partial charge in [0.2, 0.25) is 0 Å². The number of anilines is 1. The Kier molecular flexibility index (Phi) is 6.43. The molecule has 0 saturated carbocycles. The maximum absolute atomic E-state index is 13.8. The average molecular weight is 473 g/mol. The maximum Gasteiger partial charge on any atom is 0.417 e. The van der Waals surface area contributed by atoms with Crippen LogP contribution >= 0.6 is 0 Å². The molecule has 0 aliphatic heterocycles. The molecule has 0 bridgehead atoms. The molecule has 3 aromatic heterocycles. The molecule has 0 fully saturated rings. The number of aliphatic hydroxyl groups is 2. The summed E-state index contributed by atoms with van der Waals surface area (Å²) in [7, 11) is 0. The monoisotopic (exact) mass is 473 g/mol. The highest BCUT2D eigenvalue weighted by Gasteiger charge is 2.35. The Morgan fingerprint density at radius 1 is 1.21 bits per heavy atom. The summed E-state index contributed by atoms with van der Waals surface area (Å²) in [5.74, 6) is -0.542. The molecule has 4 aromatic rings. The van der Waals surface area contributed by atoms with Crippen LogP contribution in [0.25, 0.3) is 22.4 Å². The first-order chi connectivity index (χ1) is 16.3. The quantitative estimate of drug-likeness (QED) is 0.324. The fourth-order valence-electron chi connectivity index (χ4n) is 3.15. The molecule has 176 valence electrons. The van der Waals surface area contributed by atoms with Crippen molar-refractivity contribution in [3.8, 4) is 17.1 Å². The molecule has 1 aromatic carbocycles. The summed E-state index contributed by atoms with van der Waals surface area (Å²) in [5.41, 5.74) is -0.844. The molecule has 0 aliphatic rings. The van der Waals surface area contributed by atoms with Crippen molar-refractivity contribution in [1.29, 1.82) is 0 Å². The van der Waals surface area contributed by atoms with E-state index in [9.17, 15) is 23.1 Å². The third-order valence-electron chi connectivity index (χ3n) is 4.75. The summed E-state index contributed by atoms with van der Waals surface area (Å²) >= 11 is 0. The predicted molar refractivity (Wildman–Crippen MR) is 115 cm³/mol. The van der Waals surface area contributed by atoms with Gasteiger partial charge in [0, 0.05) is 18.0 Å². The van der Waals surface area contributed by atoms with E-state index in [4.69, 9.17) is 9.84 Å². The number of ether oxygens (including phenoxy) is 1. The number of carbonyl (C=O) groups excluding carboxylic acids is 1. The second-order valence-corrected chi connectivity index (χ2v) is 7.19. The van der Waals surface area contributed by atoms with Gasteiger partial charge in [-0.3, -0.25) is 9.78 Å². The van der Waals surface area contributed by atoms with Gasteiger partial charge in [-0.25, -0.2) is 9.97 Å². The minimum Gasteiger partial charge on any atom is -0.491 e. The first-order valence-corrected chi connectivity index (χ1v) is 9.95. The lowest BCUT2D eigenvalue weighted by Crippen LogP contribution is -2.21. The number of nitrogens with zero attached hydrogens (tertiary/aromatic N) is 3. The second kappa shape index (κ2) is 9.45. The van der Waals surface area contributed by atoms with Crippen LogP contribution in [0.1, 0.15) is 15.9 Å². The lowest BCUT2D eigenvalue weighted by atomic mass is 10.1. The number of aromatic amines is 1. The zero-order chi connectivity index (χ0) is 24.3. The maximum atomic E-state index is 13.8. The highest BCUT2D eigenvalue weighted by molar-refractivity contribution is 6.11. The van der Waals surface area contributed by atoms with Crippen LogP contribution in [0.2, 0.25) is 0 Å². The lowest BCUT2D eigenvalue weighted by Gasteiger charge is -2.15. The predicted octanol–water partition coefficient (Wildman–Crippen LogP) is 3.02. The van der Waals surface area contributed by atoms with E-state index in [1.54, 1.807) is 18.2 Å².